The van der Waals surface area contributed by atoms with Crippen LogP contribution >= 0.6 is 0 Å². The third-order valence-electron chi connectivity index (χ3n) is 3.80. The van der Waals surface area contributed by atoms with Gasteiger partial charge in [-0.3, -0.25) is 4.98 Å². The lowest BCUT2D eigenvalue weighted by Crippen LogP contribution is -2.18. The van der Waals surface area contributed by atoms with Gasteiger partial charge >= 0.3 is 0 Å². The first-order chi connectivity index (χ1) is 11.7. The maximum absolute atomic E-state index is 9.37. The van der Waals surface area contributed by atoms with Crippen LogP contribution in [0.15, 0.2) is 61.1 Å². The summed E-state index contributed by atoms with van der Waals surface area (Å²) in [4.78, 5) is 4.20. The highest BCUT2D eigenvalue weighted by molar-refractivity contribution is 5.62. The van der Waals surface area contributed by atoms with Gasteiger partial charge in [0.2, 0.25) is 0 Å². The van der Waals surface area contributed by atoms with E-state index in [1.165, 1.54) is 0 Å². The molecule has 5 heteroatoms. The van der Waals surface area contributed by atoms with Crippen molar-refractivity contribution in [3.63, 3.8) is 0 Å². The zero-order valence-electron chi connectivity index (χ0n) is 13.8. The maximum atomic E-state index is 9.37. The Morgan fingerprint density at radius 1 is 1.17 bits per heavy atom. The fraction of sp³-hybridized carbons (Fsp3) is 0.263. The number of aromatic nitrogens is 3. The molecule has 0 radical (unpaired) electrons. The first-order valence-corrected chi connectivity index (χ1v) is 8.17. The van der Waals surface area contributed by atoms with Gasteiger partial charge in [0, 0.05) is 36.3 Å². The number of hydrogen-bond acceptors (Lipinski definition) is 4. The number of nitrogens with zero attached hydrogens (tertiary/aromatic N) is 3. The first kappa shape index (κ1) is 16.4. The van der Waals surface area contributed by atoms with E-state index in [1.807, 2.05) is 59.5 Å². The van der Waals surface area contributed by atoms with Gasteiger partial charge in [0.1, 0.15) is 0 Å². The molecule has 124 valence electrons. The topological polar surface area (TPSA) is 63.0 Å². The second-order valence-electron chi connectivity index (χ2n) is 5.84. The van der Waals surface area contributed by atoms with Gasteiger partial charge < -0.3 is 10.4 Å². The van der Waals surface area contributed by atoms with Gasteiger partial charge in [0.25, 0.3) is 0 Å². The van der Waals surface area contributed by atoms with Crippen molar-refractivity contribution < 1.29 is 5.11 Å². The summed E-state index contributed by atoms with van der Waals surface area (Å²) in [5.74, 6) is 0. The van der Waals surface area contributed by atoms with E-state index in [9.17, 15) is 5.11 Å². The molecule has 1 aromatic carbocycles. The minimum atomic E-state index is -0.290. The van der Waals surface area contributed by atoms with Crippen LogP contribution < -0.4 is 5.32 Å². The van der Waals surface area contributed by atoms with Crippen molar-refractivity contribution in [3.05, 3.63) is 66.6 Å². The van der Waals surface area contributed by atoms with Crippen LogP contribution in [0.1, 0.15) is 18.9 Å². The van der Waals surface area contributed by atoms with Gasteiger partial charge in [-0.15, -0.1) is 0 Å². The number of aliphatic hydroxyl groups excluding tert-OH is 1. The van der Waals surface area contributed by atoms with Crippen LogP contribution in [-0.4, -0.2) is 32.5 Å². The smallest absolute Gasteiger partial charge is 0.0988 e. The van der Waals surface area contributed by atoms with Crippen LogP contribution in [0.3, 0.4) is 0 Å². The zero-order chi connectivity index (χ0) is 16.8. The summed E-state index contributed by atoms with van der Waals surface area (Å²) >= 11 is 0. The monoisotopic (exact) mass is 322 g/mol. The molecule has 0 saturated heterocycles. The summed E-state index contributed by atoms with van der Waals surface area (Å²) in [6.07, 6.45) is 6.08. The number of hydrogen-bond donors (Lipinski definition) is 2. The van der Waals surface area contributed by atoms with Gasteiger partial charge in [-0.05, 0) is 44.2 Å². The fourth-order valence-corrected chi connectivity index (χ4v) is 2.53. The molecule has 3 rings (SSSR count). The van der Waals surface area contributed by atoms with Crippen LogP contribution in [0, 0.1) is 0 Å². The largest absolute Gasteiger partial charge is 0.393 e. The van der Waals surface area contributed by atoms with E-state index >= 15 is 0 Å². The fourth-order valence-electron chi connectivity index (χ4n) is 2.53. The Kier molecular flexibility index (Phi) is 5.36. The molecule has 0 bridgehead atoms. The summed E-state index contributed by atoms with van der Waals surface area (Å²) < 4.78 is 1.90. The third kappa shape index (κ3) is 4.07. The Balaban J connectivity index is 1.86. The normalized spacial score (nSPS) is 12.2. The molecule has 0 aliphatic heterocycles. The molecule has 5 nitrogen and oxygen atoms in total. The SMILES string of the molecule is CC(O)CCNCc1cn(-c2ccccc2)nc1-c1cccnc1. The number of benzene rings is 1. The molecule has 2 N–H and O–H groups in total. The van der Waals surface area contributed by atoms with Gasteiger partial charge in [0.15, 0.2) is 0 Å². The van der Waals surface area contributed by atoms with Crippen molar-refractivity contribution in [2.24, 2.45) is 0 Å². The summed E-state index contributed by atoms with van der Waals surface area (Å²) in [6, 6.07) is 14.0. The number of aliphatic hydroxyl groups is 1. The van der Waals surface area contributed by atoms with Gasteiger partial charge in [-0.25, -0.2) is 4.68 Å². The molecule has 2 heterocycles. The van der Waals surface area contributed by atoms with Crippen LogP contribution in [0.25, 0.3) is 16.9 Å². The van der Waals surface area contributed by atoms with Gasteiger partial charge in [-0.1, -0.05) is 18.2 Å². The quantitative estimate of drug-likeness (QED) is 0.657. The molecular formula is C19H22N4O. The number of nitrogens with one attached hydrogen (secondary N) is 1. The van der Waals surface area contributed by atoms with E-state index in [0.717, 1.165) is 35.5 Å². The minimum absolute atomic E-state index is 0.290. The lowest BCUT2D eigenvalue weighted by molar-refractivity contribution is 0.183. The number of rotatable bonds is 7. The summed E-state index contributed by atoms with van der Waals surface area (Å²) in [5.41, 5.74) is 4.06. The average Bonchev–Trinajstić information content (AvgIpc) is 3.04. The second kappa shape index (κ2) is 7.86. The Labute approximate surface area is 142 Å². The lowest BCUT2D eigenvalue weighted by atomic mass is 10.1. The molecule has 1 unspecified atom stereocenters. The zero-order valence-corrected chi connectivity index (χ0v) is 13.8. The molecule has 24 heavy (non-hydrogen) atoms. The predicted molar refractivity (Wildman–Crippen MR) is 94.8 cm³/mol. The molecule has 0 amide bonds. The van der Waals surface area contributed by atoms with E-state index in [2.05, 4.69) is 10.3 Å². The Hall–Kier alpha value is -2.50. The Morgan fingerprint density at radius 3 is 2.71 bits per heavy atom. The molecule has 0 saturated carbocycles. The summed E-state index contributed by atoms with van der Waals surface area (Å²) in [5, 5.41) is 17.5. The standard InChI is InChI=1S/C19H22N4O/c1-15(24)9-11-21-13-17-14-23(18-7-3-2-4-8-18)22-19(17)16-6-5-10-20-12-16/h2-8,10,12,14-15,21,24H,9,11,13H2,1H3. The molecule has 2 aromatic heterocycles. The summed E-state index contributed by atoms with van der Waals surface area (Å²) in [7, 11) is 0. The van der Waals surface area contributed by atoms with Crippen LogP contribution in [0.5, 0.6) is 0 Å². The molecule has 1 atom stereocenters. The lowest BCUT2D eigenvalue weighted by Gasteiger charge is -2.06. The molecule has 3 aromatic rings. The summed E-state index contributed by atoms with van der Waals surface area (Å²) in [6.45, 7) is 3.26. The van der Waals surface area contributed by atoms with E-state index in [0.29, 0.717) is 6.54 Å². The number of pyridine rings is 1. The Bertz CT molecular complexity index is 754. The van der Waals surface area contributed by atoms with Crippen molar-refractivity contribution >= 4 is 0 Å². The average molecular weight is 322 g/mol. The minimum Gasteiger partial charge on any atom is -0.393 e. The second-order valence-corrected chi connectivity index (χ2v) is 5.84. The molecular weight excluding hydrogens is 300 g/mol. The van der Waals surface area contributed by atoms with E-state index < -0.39 is 0 Å². The van der Waals surface area contributed by atoms with Crippen LogP contribution in [0.4, 0.5) is 0 Å². The van der Waals surface area contributed by atoms with Gasteiger partial charge in [-0.2, -0.15) is 5.10 Å². The van der Waals surface area contributed by atoms with E-state index in [1.54, 1.807) is 13.1 Å². The van der Waals surface area contributed by atoms with E-state index in [4.69, 9.17) is 5.10 Å². The third-order valence-corrected chi connectivity index (χ3v) is 3.80. The first-order valence-electron chi connectivity index (χ1n) is 8.17. The van der Waals surface area contributed by atoms with Crippen molar-refractivity contribution in [2.75, 3.05) is 6.54 Å². The predicted octanol–water partition coefficient (Wildman–Crippen LogP) is 2.79. The Morgan fingerprint density at radius 2 is 2.00 bits per heavy atom. The van der Waals surface area contributed by atoms with Crippen molar-refractivity contribution in [1.29, 1.82) is 0 Å². The molecule has 0 aliphatic carbocycles. The highest BCUT2D eigenvalue weighted by Gasteiger charge is 2.12. The van der Waals surface area contributed by atoms with Crippen molar-refractivity contribution in [3.8, 4) is 16.9 Å². The van der Waals surface area contributed by atoms with Crippen molar-refractivity contribution in [2.45, 2.75) is 26.0 Å². The van der Waals surface area contributed by atoms with Crippen LogP contribution in [0.2, 0.25) is 0 Å². The molecule has 0 aliphatic rings. The van der Waals surface area contributed by atoms with Gasteiger partial charge in [0.05, 0.1) is 17.5 Å². The number of para-hydroxylation sites is 1. The van der Waals surface area contributed by atoms with Crippen molar-refractivity contribution in [1.82, 2.24) is 20.1 Å². The van der Waals surface area contributed by atoms with Crippen LogP contribution in [-0.2, 0) is 6.54 Å². The molecule has 0 spiro atoms. The highest BCUT2D eigenvalue weighted by atomic mass is 16.3. The molecule has 0 fully saturated rings. The maximum Gasteiger partial charge on any atom is 0.0988 e. The highest BCUT2D eigenvalue weighted by Crippen LogP contribution is 2.22. The van der Waals surface area contributed by atoms with E-state index in [-0.39, 0.29) is 6.10 Å².